The van der Waals surface area contributed by atoms with Gasteiger partial charge in [-0.15, -0.1) is 32.9 Å². The summed E-state index contributed by atoms with van der Waals surface area (Å²) in [5, 5.41) is 16.0. The van der Waals surface area contributed by atoms with Gasteiger partial charge in [0, 0.05) is 17.8 Å². The number of anilines is 1. The summed E-state index contributed by atoms with van der Waals surface area (Å²) in [4.78, 5) is 17.7. The minimum absolute atomic E-state index is 0.126. The molecular weight excluding hydrogens is 376 g/mol. The quantitative estimate of drug-likeness (QED) is 0.513. The molecule has 0 bridgehead atoms. The van der Waals surface area contributed by atoms with Gasteiger partial charge in [0.1, 0.15) is 6.33 Å². The Labute approximate surface area is 155 Å². The topological polar surface area (TPSA) is 77.6 Å². The molecule has 0 fully saturated rings. The average Bonchev–Trinajstić information content (AvgIpc) is 3.40. The number of amides is 1. The number of carbonyl (C=O) groups is 1. The summed E-state index contributed by atoms with van der Waals surface area (Å²) in [6, 6.07) is 7.81. The molecule has 0 saturated carbocycles. The van der Waals surface area contributed by atoms with E-state index in [-0.39, 0.29) is 11.7 Å². The molecule has 0 atom stereocenters. The van der Waals surface area contributed by atoms with E-state index < -0.39 is 0 Å². The van der Waals surface area contributed by atoms with Crippen LogP contribution in [0.15, 0.2) is 58.9 Å². The van der Waals surface area contributed by atoms with E-state index >= 15 is 0 Å². The standard InChI is InChI=1S/C15H12N6OS3/c22-13(18-14-17-11(8-24-14)12-4-3-7-23-12)9-25-15-19-16-10-21(15)20-5-1-2-6-20/h1-8,10H,9H2,(H,17,18,22). The summed E-state index contributed by atoms with van der Waals surface area (Å²) in [5.74, 6) is 0.104. The Kier molecular flexibility index (Phi) is 4.63. The lowest BCUT2D eigenvalue weighted by Crippen LogP contribution is -2.15. The van der Waals surface area contributed by atoms with Crippen LogP contribution in [0, 0.1) is 0 Å². The van der Waals surface area contributed by atoms with E-state index in [4.69, 9.17) is 0 Å². The Hall–Kier alpha value is -2.43. The molecule has 10 heteroatoms. The van der Waals surface area contributed by atoms with Gasteiger partial charge in [-0.2, -0.15) is 0 Å². The smallest absolute Gasteiger partial charge is 0.236 e. The highest BCUT2D eigenvalue weighted by molar-refractivity contribution is 7.99. The van der Waals surface area contributed by atoms with Gasteiger partial charge in [0.2, 0.25) is 11.1 Å². The molecule has 1 amide bonds. The van der Waals surface area contributed by atoms with Crippen molar-refractivity contribution in [2.24, 2.45) is 0 Å². The number of nitrogens with one attached hydrogen (secondary N) is 1. The zero-order valence-electron chi connectivity index (χ0n) is 12.8. The minimum atomic E-state index is -0.126. The fraction of sp³-hybridized carbons (Fsp3) is 0.0667. The fourth-order valence-corrected chi connectivity index (χ4v) is 4.29. The lowest BCUT2D eigenvalue weighted by molar-refractivity contribution is -0.113. The van der Waals surface area contributed by atoms with Gasteiger partial charge < -0.3 is 5.32 Å². The number of rotatable bonds is 6. The average molecular weight is 389 g/mol. The number of thiophene rings is 1. The van der Waals surface area contributed by atoms with Gasteiger partial charge in [0.15, 0.2) is 5.13 Å². The van der Waals surface area contributed by atoms with Crippen molar-refractivity contribution in [2.45, 2.75) is 5.16 Å². The van der Waals surface area contributed by atoms with Gasteiger partial charge in [-0.25, -0.2) is 9.66 Å². The molecule has 0 aliphatic rings. The van der Waals surface area contributed by atoms with E-state index in [9.17, 15) is 4.79 Å². The molecule has 25 heavy (non-hydrogen) atoms. The molecule has 4 rings (SSSR count). The predicted molar refractivity (Wildman–Crippen MR) is 100 cm³/mol. The maximum absolute atomic E-state index is 12.2. The van der Waals surface area contributed by atoms with Crippen LogP contribution in [0.25, 0.3) is 10.6 Å². The molecule has 0 radical (unpaired) electrons. The number of hydrogen-bond donors (Lipinski definition) is 1. The number of thioether (sulfide) groups is 1. The molecule has 4 aromatic heterocycles. The van der Waals surface area contributed by atoms with Crippen molar-refractivity contribution in [1.29, 1.82) is 0 Å². The number of carbonyl (C=O) groups excluding carboxylic acids is 1. The van der Waals surface area contributed by atoms with Gasteiger partial charge in [0.05, 0.1) is 16.3 Å². The predicted octanol–water partition coefficient (Wildman–Crippen LogP) is 3.31. The van der Waals surface area contributed by atoms with Crippen molar-refractivity contribution in [2.75, 3.05) is 11.1 Å². The zero-order valence-corrected chi connectivity index (χ0v) is 15.2. The van der Waals surface area contributed by atoms with Crippen LogP contribution in [0.5, 0.6) is 0 Å². The summed E-state index contributed by atoms with van der Waals surface area (Å²) in [6.45, 7) is 0. The van der Waals surface area contributed by atoms with Crippen LogP contribution in [0.2, 0.25) is 0 Å². The molecule has 4 heterocycles. The number of aromatic nitrogens is 5. The largest absolute Gasteiger partial charge is 0.301 e. The first-order valence-corrected chi connectivity index (χ1v) is 10.00. The summed E-state index contributed by atoms with van der Waals surface area (Å²) in [5.41, 5.74) is 0.885. The van der Waals surface area contributed by atoms with Crippen molar-refractivity contribution in [3.63, 3.8) is 0 Å². The van der Waals surface area contributed by atoms with Gasteiger partial charge >= 0.3 is 0 Å². The fourth-order valence-electron chi connectivity index (χ4n) is 2.10. The second-order valence-corrected chi connectivity index (χ2v) is 7.62. The molecular formula is C15H12N6OS3. The lowest BCUT2D eigenvalue weighted by atomic mass is 10.4. The van der Waals surface area contributed by atoms with Crippen molar-refractivity contribution in [1.82, 2.24) is 24.5 Å². The minimum Gasteiger partial charge on any atom is -0.301 e. The van der Waals surface area contributed by atoms with Gasteiger partial charge in [-0.05, 0) is 23.6 Å². The maximum atomic E-state index is 12.2. The summed E-state index contributed by atoms with van der Waals surface area (Å²) in [7, 11) is 0. The van der Waals surface area contributed by atoms with E-state index in [0.29, 0.717) is 10.3 Å². The van der Waals surface area contributed by atoms with Crippen LogP contribution >= 0.6 is 34.4 Å². The summed E-state index contributed by atoms with van der Waals surface area (Å²) < 4.78 is 3.62. The normalized spacial score (nSPS) is 10.9. The van der Waals surface area contributed by atoms with Crippen LogP contribution in [0.4, 0.5) is 5.13 Å². The SMILES string of the molecule is O=C(CSc1nncn1-n1cccc1)Nc1nc(-c2cccs2)cs1. The highest BCUT2D eigenvalue weighted by Crippen LogP contribution is 2.28. The monoisotopic (exact) mass is 388 g/mol. The highest BCUT2D eigenvalue weighted by atomic mass is 32.2. The van der Waals surface area contributed by atoms with Crippen molar-refractivity contribution < 1.29 is 4.79 Å². The van der Waals surface area contributed by atoms with Crippen LogP contribution < -0.4 is 5.32 Å². The van der Waals surface area contributed by atoms with Crippen molar-refractivity contribution in [3.05, 3.63) is 53.7 Å². The van der Waals surface area contributed by atoms with E-state index in [0.717, 1.165) is 10.6 Å². The third kappa shape index (κ3) is 3.65. The Bertz CT molecular complexity index is 957. The molecule has 1 N–H and O–H groups in total. The van der Waals surface area contributed by atoms with Crippen molar-refractivity contribution >= 4 is 45.5 Å². The third-order valence-electron chi connectivity index (χ3n) is 3.19. The Balaban J connectivity index is 1.37. The van der Waals surface area contributed by atoms with Crippen LogP contribution in [0.1, 0.15) is 0 Å². The molecule has 0 spiro atoms. The zero-order chi connectivity index (χ0) is 17.1. The molecule has 7 nitrogen and oxygen atoms in total. The summed E-state index contributed by atoms with van der Waals surface area (Å²) in [6.07, 6.45) is 5.37. The second kappa shape index (κ2) is 7.21. The number of thiazole rings is 1. The van der Waals surface area contributed by atoms with E-state index in [2.05, 4.69) is 20.5 Å². The molecule has 0 unspecified atom stereocenters. The first-order valence-electron chi connectivity index (χ1n) is 7.25. The Morgan fingerprint density at radius 1 is 1.24 bits per heavy atom. The van der Waals surface area contributed by atoms with Gasteiger partial charge in [-0.3, -0.25) is 9.47 Å². The maximum Gasteiger partial charge on any atom is 0.236 e. The third-order valence-corrected chi connectivity index (χ3v) is 5.78. The molecule has 4 aromatic rings. The van der Waals surface area contributed by atoms with Gasteiger partial charge in [-0.1, -0.05) is 17.8 Å². The highest BCUT2D eigenvalue weighted by Gasteiger charge is 2.12. The summed E-state index contributed by atoms with van der Waals surface area (Å²) >= 11 is 4.36. The van der Waals surface area contributed by atoms with E-state index in [1.807, 2.05) is 52.1 Å². The second-order valence-electron chi connectivity index (χ2n) is 4.87. The van der Waals surface area contributed by atoms with E-state index in [1.165, 1.54) is 23.1 Å². The Morgan fingerprint density at radius 3 is 2.92 bits per heavy atom. The van der Waals surface area contributed by atoms with E-state index in [1.54, 1.807) is 22.3 Å². The van der Waals surface area contributed by atoms with Crippen LogP contribution in [-0.4, -0.2) is 36.2 Å². The lowest BCUT2D eigenvalue weighted by Gasteiger charge is -2.06. The molecule has 0 aliphatic carbocycles. The molecule has 0 aromatic carbocycles. The Morgan fingerprint density at radius 2 is 2.12 bits per heavy atom. The van der Waals surface area contributed by atoms with Crippen LogP contribution in [-0.2, 0) is 4.79 Å². The van der Waals surface area contributed by atoms with Crippen LogP contribution in [0.3, 0.4) is 0 Å². The molecule has 0 aliphatic heterocycles. The molecule has 0 saturated heterocycles. The number of hydrogen-bond acceptors (Lipinski definition) is 7. The number of nitrogens with zero attached hydrogens (tertiary/aromatic N) is 5. The molecule has 126 valence electrons. The first-order chi connectivity index (χ1) is 12.3. The van der Waals surface area contributed by atoms with Crippen molar-refractivity contribution in [3.8, 4) is 10.6 Å². The van der Waals surface area contributed by atoms with Gasteiger partial charge in [0.25, 0.3) is 0 Å². The first kappa shape index (κ1) is 16.1.